The molecule has 0 aliphatic carbocycles. The van der Waals surface area contributed by atoms with E-state index < -0.39 is 28.4 Å². The largest absolute Gasteiger partial charge is 0.486 e. The Morgan fingerprint density at radius 2 is 1.93 bits per heavy atom. The third-order valence-corrected chi connectivity index (χ3v) is 6.93. The molecule has 0 saturated carbocycles. The quantitative estimate of drug-likeness (QED) is 0.693. The molecule has 2 aromatic rings. The predicted octanol–water partition coefficient (Wildman–Crippen LogP) is 1.87. The SMILES string of the molecule is CCN(CC(=O)Nc1ccc2c(c1)OCCO2)S(=O)(=O)c1ccsc1C(=O)O. The first-order valence-electron chi connectivity index (χ1n) is 8.33. The van der Waals surface area contributed by atoms with Crippen LogP contribution in [0.3, 0.4) is 0 Å². The molecule has 0 fully saturated rings. The van der Waals surface area contributed by atoms with Crippen molar-refractivity contribution in [1.82, 2.24) is 4.31 Å². The maximum Gasteiger partial charge on any atom is 0.347 e. The van der Waals surface area contributed by atoms with Crippen LogP contribution < -0.4 is 14.8 Å². The molecule has 1 aliphatic rings. The van der Waals surface area contributed by atoms with E-state index in [-0.39, 0.29) is 16.3 Å². The van der Waals surface area contributed by atoms with E-state index in [1.54, 1.807) is 25.1 Å². The molecule has 9 nitrogen and oxygen atoms in total. The number of likely N-dealkylation sites (N-methyl/N-ethyl adjacent to an activating group) is 1. The lowest BCUT2D eigenvalue weighted by molar-refractivity contribution is -0.116. The monoisotopic (exact) mass is 426 g/mol. The second kappa shape index (κ2) is 8.17. The van der Waals surface area contributed by atoms with Gasteiger partial charge in [0.25, 0.3) is 0 Å². The van der Waals surface area contributed by atoms with Crippen molar-refractivity contribution < 1.29 is 32.6 Å². The molecule has 0 spiro atoms. The summed E-state index contributed by atoms with van der Waals surface area (Å²) >= 11 is 0.815. The van der Waals surface area contributed by atoms with Crippen molar-refractivity contribution in [3.63, 3.8) is 0 Å². The number of carbonyl (C=O) groups excluding carboxylic acids is 1. The van der Waals surface area contributed by atoms with Gasteiger partial charge in [-0.15, -0.1) is 11.3 Å². The van der Waals surface area contributed by atoms with E-state index in [4.69, 9.17) is 9.47 Å². The number of fused-ring (bicyclic) bond motifs is 1. The Balaban J connectivity index is 1.74. The van der Waals surface area contributed by atoms with Crippen molar-refractivity contribution in [3.05, 3.63) is 34.5 Å². The number of anilines is 1. The lowest BCUT2D eigenvalue weighted by Gasteiger charge is -2.21. The minimum atomic E-state index is -4.13. The molecule has 0 unspecified atom stereocenters. The Morgan fingerprint density at radius 3 is 2.61 bits per heavy atom. The molecule has 2 N–H and O–H groups in total. The third-order valence-electron chi connectivity index (χ3n) is 3.94. The lowest BCUT2D eigenvalue weighted by atomic mass is 10.2. The van der Waals surface area contributed by atoms with Gasteiger partial charge < -0.3 is 19.9 Å². The number of carboxylic acids is 1. The summed E-state index contributed by atoms with van der Waals surface area (Å²) in [6, 6.07) is 6.10. The smallest absolute Gasteiger partial charge is 0.347 e. The number of hydrogen-bond acceptors (Lipinski definition) is 7. The number of carbonyl (C=O) groups is 2. The Morgan fingerprint density at radius 1 is 1.21 bits per heavy atom. The summed E-state index contributed by atoms with van der Waals surface area (Å²) in [4.78, 5) is 23.0. The van der Waals surface area contributed by atoms with E-state index in [1.165, 1.54) is 11.4 Å². The Hall–Kier alpha value is -2.63. The van der Waals surface area contributed by atoms with Gasteiger partial charge >= 0.3 is 5.97 Å². The van der Waals surface area contributed by atoms with E-state index >= 15 is 0 Å². The van der Waals surface area contributed by atoms with Crippen LogP contribution in [0.4, 0.5) is 5.69 Å². The van der Waals surface area contributed by atoms with Gasteiger partial charge in [0.05, 0.1) is 6.54 Å². The average Bonchev–Trinajstić information content (AvgIpc) is 3.17. The number of aromatic carboxylic acids is 1. The number of carboxylic acid groups (broad SMARTS) is 1. The second-order valence-corrected chi connectivity index (χ2v) is 8.58. The molecule has 11 heteroatoms. The van der Waals surface area contributed by atoms with Crippen molar-refractivity contribution in [3.8, 4) is 11.5 Å². The molecule has 1 aliphatic heterocycles. The van der Waals surface area contributed by atoms with Crippen molar-refractivity contribution >= 4 is 38.9 Å². The second-order valence-electron chi connectivity index (χ2n) is 5.76. The van der Waals surface area contributed by atoms with Gasteiger partial charge in [0.15, 0.2) is 11.5 Å². The number of hydrogen-bond donors (Lipinski definition) is 2. The van der Waals surface area contributed by atoms with E-state index in [1.807, 2.05) is 0 Å². The number of rotatable bonds is 7. The summed E-state index contributed by atoms with van der Waals surface area (Å²) in [5.41, 5.74) is 0.435. The maximum absolute atomic E-state index is 12.8. The highest BCUT2D eigenvalue weighted by atomic mass is 32.2. The van der Waals surface area contributed by atoms with Crippen LogP contribution in [0.25, 0.3) is 0 Å². The summed E-state index contributed by atoms with van der Waals surface area (Å²) < 4.78 is 37.3. The van der Waals surface area contributed by atoms with Crippen LogP contribution in [0.5, 0.6) is 11.5 Å². The first-order chi connectivity index (χ1) is 13.3. The molecule has 2 heterocycles. The van der Waals surface area contributed by atoms with E-state index in [0.717, 1.165) is 15.6 Å². The molecule has 0 saturated heterocycles. The van der Waals surface area contributed by atoms with Crippen molar-refractivity contribution in [2.24, 2.45) is 0 Å². The van der Waals surface area contributed by atoms with Gasteiger partial charge in [-0.2, -0.15) is 4.31 Å². The van der Waals surface area contributed by atoms with E-state index in [9.17, 15) is 23.1 Å². The number of amides is 1. The summed E-state index contributed by atoms with van der Waals surface area (Å²) in [6.45, 7) is 1.97. The topological polar surface area (TPSA) is 122 Å². The molecule has 0 bridgehead atoms. The van der Waals surface area contributed by atoms with Crippen LogP contribution in [0, 0.1) is 0 Å². The summed E-state index contributed by atoms with van der Waals surface area (Å²) in [5.74, 6) is -0.825. The molecule has 0 radical (unpaired) electrons. The predicted molar refractivity (Wildman–Crippen MR) is 102 cm³/mol. The highest BCUT2D eigenvalue weighted by Crippen LogP contribution is 2.32. The fourth-order valence-electron chi connectivity index (χ4n) is 2.64. The van der Waals surface area contributed by atoms with Crippen molar-refractivity contribution in [2.45, 2.75) is 11.8 Å². The molecule has 150 valence electrons. The zero-order valence-electron chi connectivity index (χ0n) is 14.9. The maximum atomic E-state index is 12.8. The molecule has 1 aromatic carbocycles. The Bertz CT molecular complexity index is 1000. The fourth-order valence-corrected chi connectivity index (χ4v) is 5.28. The van der Waals surface area contributed by atoms with Gasteiger partial charge in [0, 0.05) is 18.3 Å². The first-order valence-corrected chi connectivity index (χ1v) is 10.7. The number of sulfonamides is 1. The minimum absolute atomic E-state index is 0.00575. The summed E-state index contributed by atoms with van der Waals surface area (Å²) in [5, 5.41) is 13.2. The standard InChI is InChI=1S/C17H18N2O7S2/c1-2-19(28(23,24)14-5-8-27-16(14)17(21)22)10-15(20)18-11-3-4-12-13(9-11)26-7-6-25-12/h3-5,8-9H,2,6-7,10H2,1H3,(H,18,20)(H,21,22). The van der Waals surface area contributed by atoms with Gasteiger partial charge in [-0.05, 0) is 23.6 Å². The van der Waals surface area contributed by atoms with Crippen LogP contribution in [0.1, 0.15) is 16.6 Å². The van der Waals surface area contributed by atoms with Gasteiger partial charge in [-0.25, -0.2) is 13.2 Å². The number of thiophene rings is 1. The molecule has 0 atom stereocenters. The molecule has 1 aromatic heterocycles. The normalized spacial score (nSPS) is 13.4. The number of ether oxygens (including phenoxy) is 2. The van der Waals surface area contributed by atoms with Crippen molar-refractivity contribution in [2.75, 3.05) is 31.6 Å². The van der Waals surface area contributed by atoms with Gasteiger partial charge in [0.1, 0.15) is 23.0 Å². The summed E-state index contributed by atoms with van der Waals surface area (Å²) in [6.07, 6.45) is 0. The van der Waals surface area contributed by atoms with Gasteiger partial charge in [-0.1, -0.05) is 6.92 Å². The highest BCUT2D eigenvalue weighted by molar-refractivity contribution is 7.89. The fraction of sp³-hybridized carbons (Fsp3) is 0.294. The summed E-state index contributed by atoms with van der Waals surface area (Å²) in [7, 11) is -4.13. The highest BCUT2D eigenvalue weighted by Gasteiger charge is 2.30. The molecule has 1 amide bonds. The Kier molecular flexibility index (Phi) is 5.87. The average molecular weight is 426 g/mol. The van der Waals surface area contributed by atoms with Crippen LogP contribution in [-0.2, 0) is 14.8 Å². The zero-order valence-corrected chi connectivity index (χ0v) is 16.5. The van der Waals surface area contributed by atoms with Gasteiger partial charge in [-0.3, -0.25) is 4.79 Å². The molecule has 3 rings (SSSR count). The number of nitrogens with zero attached hydrogens (tertiary/aromatic N) is 1. The lowest BCUT2D eigenvalue weighted by Crippen LogP contribution is -2.38. The number of nitrogens with one attached hydrogen (secondary N) is 1. The molecular weight excluding hydrogens is 408 g/mol. The minimum Gasteiger partial charge on any atom is -0.486 e. The van der Waals surface area contributed by atoms with Crippen LogP contribution in [-0.4, -0.2) is 56.0 Å². The molecular formula is C17H18N2O7S2. The van der Waals surface area contributed by atoms with E-state index in [0.29, 0.717) is 30.4 Å². The van der Waals surface area contributed by atoms with Crippen LogP contribution in [0.2, 0.25) is 0 Å². The first kappa shape index (κ1) is 20.1. The van der Waals surface area contributed by atoms with Crippen LogP contribution in [0.15, 0.2) is 34.5 Å². The number of benzene rings is 1. The molecule has 28 heavy (non-hydrogen) atoms. The van der Waals surface area contributed by atoms with E-state index in [2.05, 4.69) is 5.32 Å². The van der Waals surface area contributed by atoms with Gasteiger partial charge in [0.2, 0.25) is 15.9 Å². The third kappa shape index (κ3) is 4.11. The van der Waals surface area contributed by atoms with Crippen LogP contribution >= 0.6 is 11.3 Å². The van der Waals surface area contributed by atoms with Crippen molar-refractivity contribution in [1.29, 1.82) is 0 Å². The zero-order chi connectivity index (χ0) is 20.3. The Labute approximate surface area is 165 Å².